The van der Waals surface area contributed by atoms with Crippen LogP contribution in [0.1, 0.15) is 25.3 Å². The molecule has 0 saturated carbocycles. The molecule has 0 atom stereocenters. The van der Waals surface area contributed by atoms with E-state index in [1.165, 1.54) is 12.1 Å². The zero-order chi connectivity index (χ0) is 16.7. The van der Waals surface area contributed by atoms with Gasteiger partial charge in [0.1, 0.15) is 5.75 Å². The average Bonchev–Trinajstić information content (AvgIpc) is 2.98. The molecule has 0 fully saturated rings. The lowest BCUT2D eigenvalue weighted by atomic mass is 10.2. The van der Waals surface area contributed by atoms with Gasteiger partial charge in [-0.25, -0.2) is 4.99 Å². The molecule has 0 bridgehead atoms. The molecule has 1 aromatic carbocycles. The van der Waals surface area contributed by atoms with Gasteiger partial charge in [-0.3, -0.25) is 0 Å². The minimum absolute atomic E-state index is 0.0989. The molecular weight excluding hydrogens is 307 g/mol. The number of benzene rings is 1. The largest absolute Gasteiger partial charge is 0.573 e. The molecule has 23 heavy (non-hydrogen) atoms. The van der Waals surface area contributed by atoms with Gasteiger partial charge < -0.3 is 15.4 Å². The minimum atomic E-state index is -4.71. The molecule has 1 aliphatic rings. The highest BCUT2D eigenvalue weighted by Crippen LogP contribution is 2.26. The second kappa shape index (κ2) is 7.89. The first-order chi connectivity index (χ1) is 11.0. The fraction of sp³-hybridized carbons (Fsp3) is 0.438. The molecule has 0 radical (unpaired) electrons. The number of halogens is 3. The van der Waals surface area contributed by atoms with Gasteiger partial charge in [-0.15, -0.1) is 13.2 Å². The number of alkyl halides is 3. The van der Waals surface area contributed by atoms with Crippen LogP contribution in [0.15, 0.2) is 41.4 Å². The second-order valence-corrected chi connectivity index (χ2v) is 5.13. The van der Waals surface area contributed by atoms with Crippen LogP contribution in [-0.4, -0.2) is 24.9 Å². The van der Waals surface area contributed by atoms with Crippen LogP contribution in [0, 0.1) is 0 Å². The van der Waals surface area contributed by atoms with Crippen LogP contribution in [0.2, 0.25) is 0 Å². The van der Waals surface area contributed by atoms with Crippen molar-refractivity contribution in [1.29, 1.82) is 0 Å². The van der Waals surface area contributed by atoms with Crippen LogP contribution < -0.4 is 15.4 Å². The van der Waals surface area contributed by atoms with Gasteiger partial charge >= 0.3 is 6.36 Å². The van der Waals surface area contributed by atoms with Gasteiger partial charge in [-0.05, 0) is 25.8 Å². The summed E-state index contributed by atoms with van der Waals surface area (Å²) in [6.45, 7) is 2.71. The quantitative estimate of drug-likeness (QED) is 0.495. The Balaban J connectivity index is 2.06. The van der Waals surface area contributed by atoms with E-state index < -0.39 is 6.36 Å². The number of aliphatic imine (C=N–C) groups is 1. The van der Waals surface area contributed by atoms with Gasteiger partial charge in [0, 0.05) is 18.2 Å². The SMILES string of the molecule is CCNC(=NCc1ccccc1OC(F)(F)F)NC1CC=CC1. The first kappa shape index (κ1) is 17.2. The molecule has 0 aliphatic heterocycles. The van der Waals surface area contributed by atoms with Crippen LogP contribution in [0.5, 0.6) is 5.75 Å². The monoisotopic (exact) mass is 327 g/mol. The Morgan fingerprint density at radius 3 is 2.61 bits per heavy atom. The van der Waals surface area contributed by atoms with E-state index in [1.54, 1.807) is 12.1 Å². The van der Waals surface area contributed by atoms with E-state index in [9.17, 15) is 13.2 Å². The van der Waals surface area contributed by atoms with E-state index in [0.717, 1.165) is 12.8 Å². The van der Waals surface area contributed by atoms with E-state index in [4.69, 9.17) is 0 Å². The predicted octanol–water partition coefficient (Wildman–Crippen LogP) is 3.36. The number of hydrogen-bond donors (Lipinski definition) is 2. The maximum absolute atomic E-state index is 12.4. The molecule has 4 nitrogen and oxygen atoms in total. The Morgan fingerprint density at radius 1 is 1.26 bits per heavy atom. The van der Waals surface area contributed by atoms with Crippen LogP contribution in [0.4, 0.5) is 13.2 Å². The van der Waals surface area contributed by atoms with Crippen molar-refractivity contribution >= 4 is 5.96 Å². The minimum Gasteiger partial charge on any atom is -0.405 e. The van der Waals surface area contributed by atoms with Crippen molar-refractivity contribution in [2.45, 2.75) is 38.7 Å². The lowest BCUT2D eigenvalue weighted by Gasteiger charge is -2.17. The maximum Gasteiger partial charge on any atom is 0.573 e. The van der Waals surface area contributed by atoms with E-state index >= 15 is 0 Å². The summed E-state index contributed by atoms with van der Waals surface area (Å²) in [6, 6.07) is 6.30. The number of hydrogen-bond acceptors (Lipinski definition) is 2. The molecule has 1 aliphatic carbocycles. The summed E-state index contributed by atoms with van der Waals surface area (Å²) < 4.78 is 41.3. The van der Waals surface area contributed by atoms with Gasteiger partial charge in [0.2, 0.25) is 0 Å². The summed E-state index contributed by atoms with van der Waals surface area (Å²) >= 11 is 0. The van der Waals surface area contributed by atoms with Crippen molar-refractivity contribution in [1.82, 2.24) is 10.6 Å². The number of rotatable bonds is 5. The number of nitrogens with zero attached hydrogens (tertiary/aromatic N) is 1. The third-order valence-electron chi connectivity index (χ3n) is 3.30. The standard InChI is InChI=1S/C16H20F3N3O/c1-2-20-15(22-13-8-4-5-9-13)21-11-12-7-3-6-10-14(12)23-16(17,18)19/h3-7,10,13H,2,8-9,11H2,1H3,(H2,20,21,22). The summed E-state index contributed by atoms with van der Waals surface area (Å²) in [5.41, 5.74) is 0.381. The highest BCUT2D eigenvalue weighted by atomic mass is 19.4. The van der Waals surface area contributed by atoms with Gasteiger partial charge in [-0.1, -0.05) is 30.4 Å². The molecule has 0 unspecified atom stereocenters. The summed E-state index contributed by atoms with van der Waals surface area (Å²) in [5.74, 6) is 0.366. The zero-order valence-corrected chi connectivity index (χ0v) is 12.9. The van der Waals surface area contributed by atoms with Crippen molar-refractivity contribution < 1.29 is 17.9 Å². The van der Waals surface area contributed by atoms with Crippen LogP contribution in [0.3, 0.4) is 0 Å². The molecule has 2 N–H and O–H groups in total. The molecule has 0 spiro atoms. The predicted molar refractivity (Wildman–Crippen MR) is 83.2 cm³/mol. The molecule has 1 aromatic rings. The van der Waals surface area contributed by atoms with Gasteiger partial charge in [0.05, 0.1) is 6.54 Å². The topological polar surface area (TPSA) is 45.7 Å². The third kappa shape index (κ3) is 5.84. The second-order valence-electron chi connectivity index (χ2n) is 5.13. The van der Waals surface area contributed by atoms with Gasteiger partial charge in [0.25, 0.3) is 0 Å². The van der Waals surface area contributed by atoms with Gasteiger partial charge in [0.15, 0.2) is 5.96 Å². The Labute approximate surface area is 133 Å². The molecule has 0 aromatic heterocycles. The molecule has 7 heteroatoms. The third-order valence-corrected chi connectivity index (χ3v) is 3.30. The smallest absolute Gasteiger partial charge is 0.405 e. The molecule has 0 saturated heterocycles. The van der Waals surface area contributed by atoms with Crippen LogP contribution in [-0.2, 0) is 6.54 Å². The Bertz CT molecular complexity index is 562. The van der Waals surface area contributed by atoms with Crippen molar-refractivity contribution in [2.24, 2.45) is 4.99 Å². The summed E-state index contributed by atoms with van der Waals surface area (Å²) in [4.78, 5) is 4.36. The normalized spacial score (nSPS) is 15.7. The van der Waals surface area contributed by atoms with Gasteiger partial charge in [-0.2, -0.15) is 0 Å². The van der Waals surface area contributed by atoms with E-state index in [2.05, 4.69) is 32.5 Å². The lowest BCUT2D eigenvalue weighted by Crippen LogP contribution is -2.42. The summed E-state index contributed by atoms with van der Waals surface area (Å²) in [6.07, 6.45) is 1.30. The highest BCUT2D eigenvalue weighted by Gasteiger charge is 2.31. The molecule has 126 valence electrons. The molecular formula is C16H20F3N3O. The molecule has 2 rings (SSSR count). The molecule has 0 amide bonds. The number of ether oxygens (including phenoxy) is 1. The zero-order valence-electron chi connectivity index (χ0n) is 12.9. The first-order valence-corrected chi connectivity index (χ1v) is 7.51. The fourth-order valence-corrected chi connectivity index (χ4v) is 2.27. The summed E-state index contributed by atoms with van der Waals surface area (Å²) in [5, 5.41) is 6.36. The Morgan fingerprint density at radius 2 is 1.96 bits per heavy atom. The van der Waals surface area contributed by atoms with E-state index in [1.807, 2.05) is 6.92 Å². The number of nitrogens with one attached hydrogen (secondary N) is 2. The number of guanidine groups is 1. The van der Waals surface area contributed by atoms with Crippen molar-refractivity contribution in [3.63, 3.8) is 0 Å². The van der Waals surface area contributed by atoms with Crippen LogP contribution >= 0.6 is 0 Å². The van der Waals surface area contributed by atoms with E-state index in [0.29, 0.717) is 18.1 Å². The fourth-order valence-electron chi connectivity index (χ4n) is 2.27. The highest BCUT2D eigenvalue weighted by molar-refractivity contribution is 5.80. The van der Waals surface area contributed by atoms with Crippen molar-refractivity contribution in [3.05, 3.63) is 42.0 Å². The Kier molecular flexibility index (Phi) is 5.90. The first-order valence-electron chi connectivity index (χ1n) is 7.51. The summed E-state index contributed by atoms with van der Waals surface area (Å²) in [7, 11) is 0. The van der Waals surface area contributed by atoms with Crippen LogP contribution in [0.25, 0.3) is 0 Å². The number of para-hydroxylation sites is 1. The van der Waals surface area contributed by atoms with Crippen molar-refractivity contribution in [3.8, 4) is 5.75 Å². The Hall–Kier alpha value is -2.18. The van der Waals surface area contributed by atoms with Crippen molar-refractivity contribution in [2.75, 3.05) is 6.54 Å². The van der Waals surface area contributed by atoms with E-state index in [-0.39, 0.29) is 18.3 Å². The average molecular weight is 327 g/mol. The lowest BCUT2D eigenvalue weighted by molar-refractivity contribution is -0.274. The molecule has 0 heterocycles. The maximum atomic E-state index is 12.4.